The van der Waals surface area contributed by atoms with E-state index in [1.165, 1.54) is 18.8 Å². The summed E-state index contributed by atoms with van der Waals surface area (Å²) in [5.41, 5.74) is -2.38. The van der Waals surface area contributed by atoms with Crippen LogP contribution in [0.5, 0.6) is 5.75 Å². The topological polar surface area (TPSA) is 9.23 Å². The molecule has 1 saturated carbocycles. The second kappa shape index (κ2) is 12.0. The summed E-state index contributed by atoms with van der Waals surface area (Å²) < 4.78 is 145. The van der Waals surface area contributed by atoms with Crippen LogP contribution in [-0.2, 0) is 6.11 Å². The number of hydrogen-bond acceptors (Lipinski definition) is 1. The Morgan fingerprint density at radius 1 is 0.750 bits per heavy atom. The van der Waals surface area contributed by atoms with Gasteiger partial charge in [-0.2, -0.15) is 22.0 Å². The van der Waals surface area contributed by atoms with Gasteiger partial charge in [-0.3, -0.25) is 0 Å². The van der Waals surface area contributed by atoms with Crippen molar-refractivity contribution in [3.8, 4) is 17.6 Å². The summed E-state index contributed by atoms with van der Waals surface area (Å²) in [6, 6.07) is 2.72. The van der Waals surface area contributed by atoms with Crippen LogP contribution in [0.15, 0.2) is 36.4 Å². The van der Waals surface area contributed by atoms with Crippen molar-refractivity contribution in [1.29, 1.82) is 0 Å². The third-order valence-electron chi connectivity index (χ3n) is 8.51. The third-order valence-corrected chi connectivity index (χ3v) is 8.51. The zero-order valence-electron chi connectivity index (χ0n) is 23.3. The van der Waals surface area contributed by atoms with E-state index < -0.39 is 69.0 Å². The molecule has 3 aromatic carbocycles. The van der Waals surface area contributed by atoms with Gasteiger partial charge in [0.1, 0.15) is 34.6 Å². The van der Waals surface area contributed by atoms with Crippen molar-refractivity contribution in [2.24, 2.45) is 17.8 Å². The van der Waals surface area contributed by atoms with Gasteiger partial charge in [-0.05, 0) is 90.6 Å². The molecular formula is C33H26F10O. The number of alkyl halides is 5. The number of halogens is 10. The molecule has 0 aliphatic heterocycles. The highest BCUT2D eigenvalue weighted by molar-refractivity contribution is 5.87. The van der Waals surface area contributed by atoms with Crippen LogP contribution < -0.4 is 4.74 Å². The van der Waals surface area contributed by atoms with Crippen molar-refractivity contribution in [3.05, 3.63) is 82.2 Å². The molecule has 0 bridgehead atoms. The van der Waals surface area contributed by atoms with Crippen LogP contribution in [0.25, 0.3) is 16.3 Å². The van der Waals surface area contributed by atoms with Gasteiger partial charge in [-0.15, -0.1) is 0 Å². The van der Waals surface area contributed by atoms with Gasteiger partial charge in [0.2, 0.25) is 0 Å². The van der Waals surface area contributed by atoms with E-state index in [2.05, 4.69) is 11.7 Å². The summed E-state index contributed by atoms with van der Waals surface area (Å²) in [5.74, 6) is -5.63. The van der Waals surface area contributed by atoms with Gasteiger partial charge in [0, 0.05) is 12.0 Å². The molecule has 3 aromatic rings. The van der Waals surface area contributed by atoms with E-state index in [9.17, 15) is 26.3 Å². The number of benzene rings is 3. The second-order valence-corrected chi connectivity index (χ2v) is 11.5. The van der Waals surface area contributed by atoms with Gasteiger partial charge in [0.25, 0.3) is 0 Å². The van der Waals surface area contributed by atoms with E-state index in [1.54, 1.807) is 0 Å². The molecule has 0 N–H and O–H groups in total. The molecule has 0 heterocycles. The van der Waals surface area contributed by atoms with E-state index >= 15 is 17.6 Å². The van der Waals surface area contributed by atoms with Gasteiger partial charge in [0.05, 0.1) is 10.9 Å². The molecule has 0 radical (unpaired) electrons. The Hall–Kier alpha value is -3.68. The van der Waals surface area contributed by atoms with E-state index in [4.69, 9.17) is 0 Å². The SMILES string of the molecule is CC1CCC(C2CC=C(c3cc(F)c(C(F)(F)Oc4cc(F)c5c(F)c(C#CC(F)(F)F)c(F)cc5c4)c(F)c3)CC2)CC1. The van der Waals surface area contributed by atoms with Crippen LogP contribution in [0.2, 0.25) is 0 Å². The molecular weight excluding hydrogens is 602 g/mol. The maximum Gasteiger partial charge on any atom is 0.458 e. The lowest BCUT2D eigenvalue weighted by Gasteiger charge is -2.34. The minimum absolute atomic E-state index is 0.113. The first kappa shape index (κ1) is 31.7. The molecule has 44 heavy (non-hydrogen) atoms. The number of hydrogen-bond donors (Lipinski definition) is 0. The summed E-state index contributed by atoms with van der Waals surface area (Å²) in [6.07, 6.45) is -1.17. The molecule has 1 unspecified atom stereocenters. The molecule has 1 atom stereocenters. The van der Waals surface area contributed by atoms with Crippen molar-refractivity contribution < 1.29 is 48.6 Å². The second-order valence-electron chi connectivity index (χ2n) is 11.5. The van der Waals surface area contributed by atoms with Crippen molar-refractivity contribution in [1.82, 2.24) is 0 Å². The Labute approximate surface area is 246 Å². The zero-order chi connectivity index (χ0) is 32.0. The molecule has 0 spiro atoms. The number of allylic oxidation sites excluding steroid dienone is 2. The summed E-state index contributed by atoms with van der Waals surface area (Å²) in [4.78, 5) is 0. The quantitative estimate of drug-likeness (QED) is 0.202. The Balaban J connectivity index is 1.38. The summed E-state index contributed by atoms with van der Waals surface area (Å²) in [5, 5.41) is -1.75. The normalized spacial score (nSPS) is 21.1. The Kier molecular flexibility index (Phi) is 8.67. The predicted octanol–water partition coefficient (Wildman–Crippen LogP) is 10.6. The van der Waals surface area contributed by atoms with E-state index in [1.807, 2.05) is 6.08 Å². The van der Waals surface area contributed by atoms with Crippen LogP contribution in [-0.4, -0.2) is 6.18 Å². The maximum atomic E-state index is 15.1. The maximum absolute atomic E-state index is 15.1. The number of fused-ring (bicyclic) bond motifs is 1. The van der Waals surface area contributed by atoms with Gasteiger partial charge < -0.3 is 4.74 Å². The predicted molar refractivity (Wildman–Crippen MR) is 144 cm³/mol. The van der Waals surface area contributed by atoms with E-state index in [-0.39, 0.29) is 11.6 Å². The highest BCUT2D eigenvalue weighted by atomic mass is 19.4. The fourth-order valence-corrected chi connectivity index (χ4v) is 6.23. The van der Waals surface area contributed by atoms with Crippen molar-refractivity contribution in [3.63, 3.8) is 0 Å². The fraction of sp³-hybridized carbons (Fsp3) is 0.394. The summed E-state index contributed by atoms with van der Waals surface area (Å²) >= 11 is 0. The molecule has 5 rings (SSSR count). The molecule has 0 amide bonds. The first-order chi connectivity index (χ1) is 20.6. The lowest BCUT2D eigenvalue weighted by Crippen LogP contribution is -2.25. The third kappa shape index (κ3) is 6.69. The van der Waals surface area contributed by atoms with Gasteiger partial charge in [0.15, 0.2) is 5.82 Å². The van der Waals surface area contributed by atoms with Crippen molar-refractivity contribution >= 4 is 16.3 Å². The van der Waals surface area contributed by atoms with Crippen LogP contribution in [0.3, 0.4) is 0 Å². The molecule has 234 valence electrons. The Morgan fingerprint density at radius 3 is 2.00 bits per heavy atom. The van der Waals surface area contributed by atoms with Gasteiger partial charge >= 0.3 is 12.3 Å². The van der Waals surface area contributed by atoms with E-state index in [0.717, 1.165) is 37.8 Å². The minimum Gasteiger partial charge on any atom is -0.429 e. The van der Waals surface area contributed by atoms with Crippen molar-refractivity contribution in [2.45, 2.75) is 64.2 Å². The highest BCUT2D eigenvalue weighted by Crippen LogP contribution is 2.43. The van der Waals surface area contributed by atoms with Crippen LogP contribution in [0.1, 0.15) is 68.6 Å². The zero-order valence-corrected chi connectivity index (χ0v) is 23.3. The average Bonchev–Trinajstić information content (AvgIpc) is 2.91. The van der Waals surface area contributed by atoms with Gasteiger partial charge in [-0.1, -0.05) is 31.8 Å². The smallest absolute Gasteiger partial charge is 0.429 e. The summed E-state index contributed by atoms with van der Waals surface area (Å²) in [6.45, 7) is 2.23. The Bertz CT molecular complexity index is 1650. The monoisotopic (exact) mass is 628 g/mol. The molecule has 0 aromatic heterocycles. The number of ether oxygens (including phenoxy) is 1. The van der Waals surface area contributed by atoms with Crippen molar-refractivity contribution in [2.75, 3.05) is 0 Å². The fourth-order valence-electron chi connectivity index (χ4n) is 6.23. The largest absolute Gasteiger partial charge is 0.458 e. The lowest BCUT2D eigenvalue weighted by molar-refractivity contribution is -0.189. The molecule has 11 heteroatoms. The van der Waals surface area contributed by atoms with Crippen LogP contribution in [0, 0.1) is 58.7 Å². The molecule has 2 aliphatic carbocycles. The van der Waals surface area contributed by atoms with Crippen LogP contribution >= 0.6 is 0 Å². The number of rotatable bonds is 5. The average molecular weight is 629 g/mol. The first-order valence-electron chi connectivity index (χ1n) is 14.1. The molecule has 2 aliphatic rings. The summed E-state index contributed by atoms with van der Waals surface area (Å²) in [7, 11) is 0. The van der Waals surface area contributed by atoms with Crippen LogP contribution in [0.4, 0.5) is 43.9 Å². The highest BCUT2D eigenvalue weighted by Gasteiger charge is 2.42. The molecule has 1 nitrogen and oxygen atoms in total. The minimum atomic E-state index is -5.09. The molecule has 1 fully saturated rings. The standard InChI is InChI=1S/C33H26F10O/c1-17-2-4-18(5-3-17)19-6-8-20(9-7-19)21-13-27(36)30(28(37)14-21)33(42,43)44-23-12-22-15-25(34)24(10-11-32(39,40)41)31(38)29(22)26(35)16-23/h8,12-19H,2-7,9H2,1H3. The van der Waals surface area contributed by atoms with Gasteiger partial charge in [-0.25, -0.2) is 22.0 Å². The van der Waals surface area contributed by atoms with E-state index in [0.29, 0.717) is 47.8 Å². The lowest BCUT2D eigenvalue weighted by atomic mass is 9.71. The molecule has 0 saturated heterocycles. The first-order valence-corrected chi connectivity index (χ1v) is 14.1. The Morgan fingerprint density at radius 2 is 1.41 bits per heavy atom.